The molecule has 0 radical (unpaired) electrons. The summed E-state index contributed by atoms with van der Waals surface area (Å²) in [6.45, 7) is 0. The maximum atomic E-state index is 12.9. The van der Waals surface area contributed by atoms with E-state index in [1.807, 2.05) is 0 Å². The summed E-state index contributed by atoms with van der Waals surface area (Å²) in [6.07, 6.45) is -4.91. The molecule has 0 aliphatic carbocycles. The van der Waals surface area contributed by atoms with Crippen LogP contribution in [0.2, 0.25) is 0 Å². The largest absolute Gasteiger partial charge is 0.573 e. The summed E-state index contributed by atoms with van der Waals surface area (Å²) in [5.41, 5.74) is 11.3. The Labute approximate surface area is 111 Å². The van der Waals surface area contributed by atoms with Crippen molar-refractivity contribution in [2.75, 3.05) is 11.5 Å². The number of anilines is 2. The Kier molecular flexibility index (Phi) is 3.44. The van der Waals surface area contributed by atoms with Crippen LogP contribution < -0.4 is 16.2 Å². The van der Waals surface area contributed by atoms with E-state index >= 15 is 0 Å². The van der Waals surface area contributed by atoms with Crippen LogP contribution in [0, 0.1) is 5.82 Å². The quantitative estimate of drug-likeness (QED) is 0.655. The number of nitrogen functional groups attached to an aromatic ring is 2. The van der Waals surface area contributed by atoms with Crippen molar-refractivity contribution in [3.05, 3.63) is 42.2 Å². The molecule has 106 valence electrons. The molecule has 2 rings (SSSR count). The van der Waals surface area contributed by atoms with Gasteiger partial charge in [0, 0.05) is 11.3 Å². The summed E-state index contributed by atoms with van der Waals surface area (Å²) in [5.74, 6) is -1.11. The topological polar surface area (TPSA) is 61.3 Å². The molecule has 0 heterocycles. The van der Waals surface area contributed by atoms with Gasteiger partial charge in [-0.15, -0.1) is 13.2 Å². The number of benzene rings is 2. The lowest BCUT2D eigenvalue weighted by molar-refractivity contribution is -0.274. The molecular weight excluding hydrogens is 276 g/mol. The fourth-order valence-corrected chi connectivity index (χ4v) is 1.75. The van der Waals surface area contributed by atoms with Gasteiger partial charge in [0.25, 0.3) is 0 Å². The van der Waals surface area contributed by atoms with Crippen molar-refractivity contribution >= 4 is 11.4 Å². The summed E-state index contributed by atoms with van der Waals surface area (Å²) >= 11 is 0. The summed E-state index contributed by atoms with van der Waals surface area (Å²) < 4.78 is 54.1. The van der Waals surface area contributed by atoms with E-state index in [0.29, 0.717) is 0 Å². The van der Waals surface area contributed by atoms with Gasteiger partial charge in [0.15, 0.2) is 5.75 Å². The molecule has 0 amide bonds. The van der Waals surface area contributed by atoms with E-state index in [4.69, 9.17) is 11.5 Å². The summed E-state index contributed by atoms with van der Waals surface area (Å²) in [4.78, 5) is 0. The van der Waals surface area contributed by atoms with Crippen LogP contribution in [0.3, 0.4) is 0 Å². The van der Waals surface area contributed by atoms with Crippen molar-refractivity contribution in [2.45, 2.75) is 6.36 Å². The zero-order chi connectivity index (χ0) is 14.9. The Morgan fingerprint density at radius 1 is 0.850 bits per heavy atom. The average Bonchev–Trinajstić information content (AvgIpc) is 2.34. The van der Waals surface area contributed by atoms with Crippen LogP contribution in [0.1, 0.15) is 0 Å². The van der Waals surface area contributed by atoms with Gasteiger partial charge < -0.3 is 16.2 Å². The zero-order valence-electron chi connectivity index (χ0n) is 10.0. The van der Waals surface area contributed by atoms with Crippen LogP contribution in [-0.2, 0) is 0 Å². The average molecular weight is 286 g/mol. The van der Waals surface area contributed by atoms with Crippen LogP contribution in [0.4, 0.5) is 28.9 Å². The molecule has 0 aliphatic rings. The van der Waals surface area contributed by atoms with Crippen molar-refractivity contribution < 1.29 is 22.3 Å². The van der Waals surface area contributed by atoms with Gasteiger partial charge in [0.1, 0.15) is 5.82 Å². The Balaban J connectivity index is 2.61. The minimum Gasteiger partial charge on any atom is -0.403 e. The molecule has 0 spiro atoms. The fraction of sp³-hybridized carbons (Fsp3) is 0.0769. The Bertz CT molecular complexity index is 624. The van der Waals surface area contributed by atoms with Crippen LogP contribution in [0.5, 0.6) is 5.75 Å². The number of ether oxygens (including phenoxy) is 1. The molecule has 0 unspecified atom stereocenters. The van der Waals surface area contributed by atoms with Crippen molar-refractivity contribution in [2.24, 2.45) is 0 Å². The number of hydrogen-bond acceptors (Lipinski definition) is 3. The van der Waals surface area contributed by atoms with Crippen molar-refractivity contribution in [3.8, 4) is 16.9 Å². The van der Waals surface area contributed by atoms with E-state index in [-0.39, 0.29) is 22.5 Å². The second-order valence-electron chi connectivity index (χ2n) is 4.00. The van der Waals surface area contributed by atoms with E-state index in [0.717, 1.165) is 12.1 Å². The van der Waals surface area contributed by atoms with Crippen molar-refractivity contribution in [1.29, 1.82) is 0 Å². The van der Waals surface area contributed by atoms with Crippen LogP contribution >= 0.6 is 0 Å². The fourth-order valence-electron chi connectivity index (χ4n) is 1.75. The van der Waals surface area contributed by atoms with Gasteiger partial charge in [0.2, 0.25) is 0 Å². The van der Waals surface area contributed by atoms with Crippen molar-refractivity contribution in [1.82, 2.24) is 0 Å². The van der Waals surface area contributed by atoms with Gasteiger partial charge in [-0.05, 0) is 29.8 Å². The molecule has 0 aromatic heterocycles. The van der Waals surface area contributed by atoms with Gasteiger partial charge in [0.05, 0.1) is 5.69 Å². The maximum absolute atomic E-state index is 12.9. The zero-order valence-corrected chi connectivity index (χ0v) is 10.0. The Morgan fingerprint density at radius 3 is 1.95 bits per heavy atom. The molecule has 0 saturated heterocycles. The molecule has 2 aromatic rings. The molecule has 0 atom stereocenters. The molecule has 0 aliphatic heterocycles. The lowest BCUT2D eigenvalue weighted by atomic mass is 10.0. The minimum atomic E-state index is -4.91. The normalized spacial score (nSPS) is 11.4. The van der Waals surface area contributed by atoms with E-state index < -0.39 is 17.9 Å². The Morgan fingerprint density at radius 2 is 1.40 bits per heavy atom. The van der Waals surface area contributed by atoms with Crippen LogP contribution in [0.15, 0.2) is 36.4 Å². The summed E-state index contributed by atoms with van der Waals surface area (Å²) in [7, 11) is 0. The van der Waals surface area contributed by atoms with E-state index in [1.165, 1.54) is 24.3 Å². The highest BCUT2D eigenvalue weighted by atomic mass is 19.4. The predicted octanol–water partition coefficient (Wildman–Crippen LogP) is 3.56. The van der Waals surface area contributed by atoms with Crippen LogP contribution in [-0.4, -0.2) is 6.36 Å². The third-order valence-corrected chi connectivity index (χ3v) is 2.57. The van der Waals surface area contributed by atoms with E-state index in [1.54, 1.807) is 0 Å². The third-order valence-electron chi connectivity index (χ3n) is 2.57. The molecular formula is C13H10F4N2O. The lowest BCUT2D eigenvalue weighted by Gasteiger charge is -2.17. The number of hydrogen-bond donors (Lipinski definition) is 2. The SMILES string of the molecule is Nc1ccc(N)c(-c2ccc(F)cc2)c1OC(F)(F)F. The monoisotopic (exact) mass is 286 g/mol. The number of rotatable bonds is 2. The molecule has 20 heavy (non-hydrogen) atoms. The lowest BCUT2D eigenvalue weighted by Crippen LogP contribution is -2.19. The van der Waals surface area contributed by atoms with Gasteiger partial charge in [-0.3, -0.25) is 0 Å². The summed E-state index contributed by atoms with van der Waals surface area (Å²) in [6, 6.07) is 7.37. The standard InChI is InChI=1S/C13H10F4N2O/c14-8-3-1-7(2-4-8)11-9(18)5-6-10(19)12(11)20-13(15,16)17/h1-6H,18-19H2. The highest BCUT2D eigenvalue weighted by Gasteiger charge is 2.33. The molecule has 7 heteroatoms. The number of nitrogens with two attached hydrogens (primary N) is 2. The minimum absolute atomic E-state index is 0.0256. The summed E-state index contributed by atoms with van der Waals surface area (Å²) in [5, 5.41) is 0. The second-order valence-corrected chi connectivity index (χ2v) is 4.00. The first kappa shape index (κ1) is 14.0. The highest BCUT2D eigenvalue weighted by Crippen LogP contribution is 2.42. The van der Waals surface area contributed by atoms with E-state index in [9.17, 15) is 17.6 Å². The smallest absolute Gasteiger partial charge is 0.403 e. The van der Waals surface area contributed by atoms with Crippen molar-refractivity contribution in [3.63, 3.8) is 0 Å². The first-order chi connectivity index (χ1) is 9.28. The van der Waals surface area contributed by atoms with Gasteiger partial charge >= 0.3 is 6.36 Å². The van der Waals surface area contributed by atoms with Gasteiger partial charge in [-0.1, -0.05) is 12.1 Å². The molecule has 0 saturated carbocycles. The second kappa shape index (κ2) is 4.92. The predicted molar refractivity (Wildman–Crippen MR) is 67.3 cm³/mol. The van der Waals surface area contributed by atoms with Crippen LogP contribution in [0.25, 0.3) is 11.1 Å². The van der Waals surface area contributed by atoms with Gasteiger partial charge in [-0.2, -0.15) is 0 Å². The number of alkyl halides is 3. The number of halogens is 4. The first-order valence-electron chi connectivity index (χ1n) is 5.47. The maximum Gasteiger partial charge on any atom is 0.573 e. The molecule has 0 bridgehead atoms. The third kappa shape index (κ3) is 2.93. The first-order valence-corrected chi connectivity index (χ1v) is 5.47. The van der Waals surface area contributed by atoms with Gasteiger partial charge in [-0.25, -0.2) is 4.39 Å². The molecule has 3 nitrogen and oxygen atoms in total. The molecule has 0 fully saturated rings. The van der Waals surface area contributed by atoms with E-state index in [2.05, 4.69) is 4.74 Å². The molecule has 2 aromatic carbocycles. The molecule has 4 N–H and O–H groups in total. The highest BCUT2D eigenvalue weighted by molar-refractivity contribution is 5.86. The Hall–Kier alpha value is -2.44.